The van der Waals surface area contributed by atoms with Gasteiger partial charge in [0, 0.05) is 31.5 Å². The zero-order valence-corrected chi connectivity index (χ0v) is 22.6. The third kappa shape index (κ3) is 5.94. The van der Waals surface area contributed by atoms with Crippen LogP contribution in [0.3, 0.4) is 0 Å². The molecular formula is C27H32FN3O6S. The molecule has 11 heteroatoms. The van der Waals surface area contributed by atoms with E-state index >= 15 is 4.39 Å². The van der Waals surface area contributed by atoms with Gasteiger partial charge in [-0.25, -0.2) is 14.2 Å². The predicted octanol–water partition coefficient (Wildman–Crippen LogP) is 3.78. The Balaban J connectivity index is 1.55. The van der Waals surface area contributed by atoms with Crippen molar-refractivity contribution in [1.82, 2.24) is 9.80 Å². The number of fused-ring (bicyclic) bond motifs is 1. The first-order chi connectivity index (χ1) is 18.3. The number of rotatable bonds is 9. The summed E-state index contributed by atoms with van der Waals surface area (Å²) in [5.41, 5.74) is 1.55. The van der Waals surface area contributed by atoms with Gasteiger partial charge in [-0.2, -0.15) is 0 Å². The van der Waals surface area contributed by atoms with Crippen LogP contribution in [0.15, 0.2) is 51.6 Å². The van der Waals surface area contributed by atoms with Crippen LogP contribution >= 0.6 is 11.8 Å². The SMILES string of the molecule is CCOC(=O)C1CCN(C(=O)CC2=CSC3=NC(C)=C(C(=O)OCCOC)[C@H](c4ccccc4F)N23)CC1. The van der Waals surface area contributed by atoms with Crippen LogP contribution < -0.4 is 0 Å². The number of amides is 1. The van der Waals surface area contributed by atoms with Crippen LogP contribution in [0.4, 0.5) is 4.39 Å². The molecule has 9 nitrogen and oxygen atoms in total. The van der Waals surface area contributed by atoms with E-state index in [9.17, 15) is 14.4 Å². The molecule has 1 saturated heterocycles. The van der Waals surface area contributed by atoms with Gasteiger partial charge in [0.1, 0.15) is 12.4 Å². The minimum atomic E-state index is -0.845. The zero-order chi connectivity index (χ0) is 27.2. The van der Waals surface area contributed by atoms with Crippen LogP contribution in [0.2, 0.25) is 0 Å². The van der Waals surface area contributed by atoms with Gasteiger partial charge in [0.2, 0.25) is 5.91 Å². The molecule has 0 aliphatic carbocycles. The third-order valence-corrected chi connectivity index (χ3v) is 7.63. The summed E-state index contributed by atoms with van der Waals surface area (Å²) in [6.07, 6.45) is 1.14. The number of hydrogen-bond donors (Lipinski definition) is 0. The molecule has 0 bridgehead atoms. The number of thioether (sulfide) groups is 1. The number of carbonyl (C=O) groups is 3. The monoisotopic (exact) mass is 545 g/mol. The van der Waals surface area contributed by atoms with Crippen molar-refractivity contribution in [3.63, 3.8) is 0 Å². The summed E-state index contributed by atoms with van der Waals surface area (Å²) in [6.45, 7) is 4.99. The molecular weight excluding hydrogens is 513 g/mol. The quantitative estimate of drug-likeness (QED) is 0.342. The molecule has 0 radical (unpaired) electrons. The van der Waals surface area contributed by atoms with E-state index in [0.717, 1.165) is 0 Å². The Hall–Kier alpha value is -3.18. The highest BCUT2D eigenvalue weighted by Crippen LogP contribution is 2.45. The van der Waals surface area contributed by atoms with Crippen LogP contribution in [0.1, 0.15) is 44.7 Å². The normalized spacial score (nSPS) is 19.6. The summed E-state index contributed by atoms with van der Waals surface area (Å²) in [4.78, 5) is 46.6. The number of piperidine rings is 1. The van der Waals surface area contributed by atoms with E-state index in [-0.39, 0.29) is 48.6 Å². The summed E-state index contributed by atoms with van der Waals surface area (Å²) < 4.78 is 30.7. The van der Waals surface area contributed by atoms with E-state index in [1.165, 1.54) is 24.9 Å². The van der Waals surface area contributed by atoms with Crippen LogP contribution in [0, 0.1) is 11.7 Å². The molecule has 4 rings (SSSR count). The number of carbonyl (C=O) groups excluding carboxylic acids is 3. The molecule has 0 aromatic heterocycles. The van der Waals surface area contributed by atoms with Crippen molar-refractivity contribution < 1.29 is 33.0 Å². The van der Waals surface area contributed by atoms with Crippen LogP contribution in [0.25, 0.3) is 0 Å². The van der Waals surface area contributed by atoms with E-state index in [2.05, 4.69) is 4.99 Å². The first-order valence-electron chi connectivity index (χ1n) is 12.6. The molecule has 0 unspecified atom stereocenters. The van der Waals surface area contributed by atoms with Crippen LogP contribution in [-0.4, -0.2) is 72.8 Å². The third-order valence-electron chi connectivity index (χ3n) is 6.74. The van der Waals surface area contributed by atoms with Gasteiger partial charge in [-0.3, -0.25) is 9.59 Å². The van der Waals surface area contributed by atoms with Gasteiger partial charge in [-0.15, -0.1) is 0 Å². The van der Waals surface area contributed by atoms with Gasteiger partial charge in [-0.05, 0) is 38.2 Å². The van der Waals surface area contributed by atoms with Crippen molar-refractivity contribution in [1.29, 1.82) is 0 Å². The fourth-order valence-electron chi connectivity index (χ4n) is 4.81. The molecule has 38 heavy (non-hydrogen) atoms. The second kappa shape index (κ2) is 12.6. The van der Waals surface area contributed by atoms with E-state index in [1.807, 2.05) is 5.41 Å². The van der Waals surface area contributed by atoms with Crippen molar-refractivity contribution in [2.75, 3.05) is 40.0 Å². The predicted molar refractivity (Wildman–Crippen MR) is 140 cm³/mol. The summed E-state index contributed by atoms with van der Waals surface area (Å²) in [7, 11) is 1.51. The standard InChI is InChI=1S/C27H32FN3O6S/c1-4-36-25(33)18-9-11-30(12-10-18)22(32)15-19-16-38-27-29-17(2)23(26(34)37-14-13-35-3)24(31(19)27)20-7-5-6-8-21(20)28/h5-8,16,18,24H,4,9-15H2,1-3H3/t24-/m0/s1. The largest absolute Gasteiger partial charge is 0.466 e. The van der Waals surface area contributed by atoms with E-state index in [1.54, 1.807) is 41.8 Å². The molecule has 1 atom stereocenters. The minimum Gasteiger partial charge on any atom is -0.466 e. The molecule has 204 valence electrons. The Morgan fingerprint density at radius 1 is 1.13 bits per heavy atom. The highest BCUT2D eigenvalue weighted by molar-refractivity contribution is 8.16. The Labute approximate surface area is 225 Å². The molecule has 3 aliphatic heterocycles. The second-order valence-corrected chi connectivity index (χ2v) is 9.96. The van der Waals surface area contributed by atoms with Gasteiger partial charge in [-0.1, -0.05) is 30.0 Å². The van der Waals surface area contributed by atoms with Crippen molar-refractivity contribution in [3.05, 3.63) is 58.0 Å². The number of nitrogens with zero attached hydrogens (tertiary/aromatic N) is 3. The van der Waals surface area contributed by atoms with E-state index in [4.69, 9.17) is 14.2 Å². The maximum absolute atomic E-state index is 15.1. The number of halogens is 1. The molecule has 3 aliphatic rings. The maximum Gasteiger partial charge on any atom is 0.338 e. The van der Waals surface area contributed by atoms with Crippen molar-refractivity contribution in [2.24, 2.45) is 10.9 Å². The van der Waals surface area contributed by atoms with Crippen molar-refractivity contribution >= 4 is 34.8 Å². The molecule has 1 aromatic rings. The van der Waals surface area contributed by atoms with Gasteiger partial charge in [0.05, 0.1) is 42.9 Å². The number of hydrogen-bond acceptors (Lipinski definition) is 9. The number of ether oxygens (including phenoxy) is 3. The summed E-state index contributed by atoms with van der Waals surface area (Å²) in [6, 6.07) is 5.42. The van der Waals surface area contributed by atoms with Gasteiger partial charge in [0.25, 0.3) is 0 Å². The minimum absolute atomic E-state index is 0.0460. The van der Waals surface area contributed by atoms with E-state index < -0.39 is 17.8 Å². The van der Waals surface area contributed by atoms with Crippen LogP contribution in [0.5, 0.6) is 0 Å². The molecule has 0 spiro atoms. The lowest BCUT2D eigenvalue weighted by Crippen LogP contribution is -2.42. The zero-order valence-electron chi connectivity index (χ0n) is 21.8. The smallest absolute Gasteiger partial charge is 0.338 e. The first kappa shape index (κ1) is 27.8. The Morgan fingerprint density at radius 3 is 2.55 bits per heavy atom. The molecule has 1 fully saturated rings. The van der Waals surface area contributed by atoms with Crippen molar-refractivity contribution in [3.8, 4) is 0 Å². The average Bonchev–Trinajstić information content (AvgIpc) is 3.30. The number of amidine groups is 1. The lowest BCUT2D eigenvalue weighted by atomic mass is 9.93. The Morgan fingerprint density at radius 2 is 1.87 bits per heavy atom. The number of benzene rings is 1. The molecule has 3 heterocycles. The second-order valence-electron chi connectivity index (χ2n) is 9.13. The van der Waals surface area contributed by atoms with E-state index in [0.29, 0.717) is 49.1 Å². The highest BCUT2D eigenvalue weighted by atomic mass is 32.2. The lowest BCUT2D eigenvalue weighted by molar-refractivity contribution is -0.151. The topological polar surface area (TPSA) is 97.7 Å². The maximum atomic E-state index is 15.1. The number of aliphatic imine (C=N–C) groups is 1. The molecule has 1 aromatic carbocycles. The molecule has 0 saturated carbocycles. The average molecular weight is 546 g/mol. The fourth-order valence-corrected chi connectivity index (χ4v) is 5.77. The first-order valence-corrected chi connectivity index (χ1v) is 13.5. The number of methoxy groups -OCH3 is 1. The van der Waals surface area contributed by atoms with Gasteiger partial charge < -0.3 is 24.0 Å². The fraction of sp³-hybridized carbons (Fsp3) is 0.481. The Kier molecular flexibility index (Phi) is 9.22. The summed E-state index contributed by atoms with van der Waals surface area (Å²) in [5, 5.41) is 2.38. The number of allylic oxidation sites excluding steroid dienone is 1. The molecule has 0 N–H and O–H groups in total. The molecule has 1 amide bonds. The van der Waals surface area contributed by atoms with Gasteiger partial charge >= 0.3 is 11.9 Å². The van der Waals surface area contributed by atoms with Crippen LogP contribution in [-0.2, 0) is 28.6 Å². The highest BCUT2D eigenvalue weighted by Gasteiger charge is 2.42. The van der Waals surface area contributed by atoms with Gasteiger partial charge in [0.15, 0.2) is 5.17 Å². The Bertz CT molecular complexity index is 1180. The number of esters is 2. The van der Waals surface area contributed by atoms with Crippen molar-refractivity contribution in [2.45, 2.75) is 39.2 Å². The lowest BCUT2D eigenvalue weighted by Gasteiger charge is -2.37. The number of likely N-dealkylation sites (tertiary alicyclic amines) is 1. The summed E-state index contributed by atoms with van der Waals surface area (Å²) >= 11 is 1.33. The summed E-state index contributed by atoms with van der Waals surface area (Å²) in [5.74, 6) is -1.62.